The first-order valence-corrected chi connectivity index (χ1v) is 12.1. The molecule has 10 nitrogen and oxygen atoms in total. The molecule has 2 heterocycles. The molecule has 0 bridgehead atoms. The van der Waals surface area contributed by atoms with Crippen LogP contribution in [0.15, 0.2) is 18.3 Å². The number of pyridine rings is 1. The monoisotopic (exact) mass is 477 g/mol. The molecule has 0 aliphatic carbocycles. The second-order valence-electron chi connectivity index (χ2n) is 9.20. The first kappa shape index (κ1) is 27.4. The molecule has 190 valence electrons. The summed E-state index contributed by atoms with van der Waals surface area (Å²) < 4.78 is 5.77. The normalized spacial score (nSPS) is 21.7. The van der Waals surface area contributed by atoms with Crippen molar-refractivity contribution in [2.45, 2.75) is 83.3 Å². The molecule has 0 aromatic carbocycles. The Kier molecular flexibility index (Phi) is 11.6. The number of nitrogens with one attached hydrogen (secondary N) is 3. The van der Waals surface area contributed by atoms with Gasteiger partial charge in [0.25, 0.3) is 0 Å². The fraction of sp³-hybridized carbons (Fsp3) is 0.667. The maximum Gasteiger partial charge on any atom is 0.326 e. The number of aliphatic carboxylic acids is 1. The molecule has 1 aliphatic heterocycles. The molecule has 1 aliphatic rings. The summed E-state index contributed by atoms with van der Waals surface area (Å²) in [4.78, 5) is 41.4. The quantitative estimate of drug-likeness (QED) is 0.421. The number of carboxylic acid groups (broad SMARTS) is 1. The Morgan fingerprint density at radius 3 is 2.56 bits per heavy atom. The minimum atomic E-state index is -1.18. The van der Waals surface area contributed by atoms with Crippen LogP contribution in [-0.4, -0.2) is 59.3 Å². The molecule has 1 fully saturated rings. The lowest BCUT2D eigenvalue weighted by molar-refractivity contribution is -0.139. The number of urea groups is 1. The Bertz CT molecular complexity index is 786. The van der Waals surface area contributed by atoms with E-state index in [1.165, 1.54) is 6.20 Å². The Labute approximate surface area is 201 Å². The predicted molar refractivity (Wildman–Crippen MR) is 129 cm³/mol. The van der Waals surface area contributed by atoms with E-state index in [2.05, 4.69) is 20.9 Å². The molecule has 1 aromatic rings. The van der Waals surface area contributed by atoms with Crippen molar-refractivity contribution in [1.29, 1.82) is 0 Å². The van der Waals surface area contributed by atoms with E-state index in [9.17, 15) is 19.5 Å². The van der Waals surface area contributed by atoms with Gasteiger partial charge >= 0.3 is 12.0 Å². The van der Waals surface area contributed by atoms with Crippen molar-refractivity contribution in [3.05, 3.63) is 23.9 Å². The number of carbonyl (C=O) groups is 3. The van der Waals surface area contributed by atoms with Gasteiger partial charge in [0.1, 0.15) is 17.9 Å². The van der Waals surface area contributed by atoms with Gasteiger partial charge in [-0.25, -0.2) is 14.6 Å². The molecule has 2 rings (SSSR count). The van der Waals surface area contributed by atoms with Crippen LogP contribution in [0.2, 0.25) is 0 Å². The van der Waals surface area contributed by atoms with Gasteiger partial charge in [0, 0.05) is 19.2 Å². The standard InChI is InChI=1S/C24H39N5O5/c1-16(2)20-15-34-12-8-6-4-3-5-7-9-18(22(30)27-20)28-24(33)29-19(23(31)32)13-17-10-11-21(25)26-14-17/h10-11,14,16,18-20H,3-9,12-13,15H2,1-2H3,(H2,25,26)(H,27,30)(H,31,32)(H2,28,29,33)/t18-,19+,20-/m1/s1. The molecular formula is C24H39N5O5. The number of aromatic nitrogens is 1. The summed E-state index contributed by atoms with van der Waals surface area (Å²) >= 11 is 0. The Morgan fingerprint density at radius 2 is 1.91 bits per heavy atom. The fourth-order valence-electron chi connectivity index (χ4n) is 3.77. The molecule has 3 amide bonds. The van der Waals surface area contributed by atoms with Gasteiger partial charge in [0.05, 0.1) is 12.6 Å². The highest BCUT2D eigenvalue weighted by Gasteiger charge is 2.27. The Hall–Kier alpha value is -2.88. The summed E-state index contributed by atoms with van der Waals surface area (Å²) in [5.41, 5.74) is 6.19. The molecule has 0 unspecified atom stereocenters. The van der Waals surface area contributed by atoms with Crippen LogP contribution in [0.3, 0.4) is 0 Å². The van der Waals surface area contributed by atoms with Crippen LogP contribution in [0.25, 0.3) is 0 Å². The fourth-order valence-corrected chi connectivity index (χ4v) is 3.77. The summed E-state index contributed by atoms with van der Waals surface area (Å²) in [6.45, 7) is 5.11. The van der Waals surface area contributed by atoms with E-state index in [1.54, 1.807) is 12.1 Å². The minimum Gasteiger partial charge on any atom is -0.480 e. The van der Waals surface area contributed by atoms with Crippen molar-refractivity contribution < 1.29 is 24.2 Å². The third-order valence-electron chi connectivity index (χ3n) is 5.97. The van der Waals surface area contributed by atoms with Crippen LogP contribution in [0, 0.1) is 5.92 Å². The van der Waals surface area contributed by atoms with Crippen molar-refractivity contribution in [2.75, 3.05) is 18.9 Å². The Morgan fingerprint density at radius 1 is 1.21 bits per heavy atom. The number of carboxylic acids is 1. The molecule has 1 saturated heterocycles. The summed E-state index contributed by atoms with van der Waals surface area (Å²) in [5.74, 6) is -0.980. The van der Waals surface area contributed by atoms with Crippen LogP contribution >= 0.6 is 0 Å². The number of amides is 3. The van der Waals surface area contributed by atoms with Gasteiger partial charge in [-0.2, -0.15) is 0 Å². The van der Waals surface area contributed by atoms with Crippen LogP contribution in [0.1, 0.15) is 64.4 Å². The topological polar surface area (TPSA) is 156 Å². The zero-order chi connectivity index (χ0) is 24.9. The van der Waals surface area contributed by atoms with Gasteiger partial charge in [-0.3, -0.25) is 4.79 Å². The van der Waals surface area contributed by atoms with E-state index in [0.717, 1.165) is 38.5 Å². The van der Waals surface area contributed by atoms with Crippen molar-refractivity contribution in [1.82, 2.24) is 20.9 Å². The van der Waals surface area contributed by atoms with E-state index in [4.69, 9.17) is 10.5 Å². The smallest absolute Gasteiger partial charge is 0.326 e. The van der Waals surface area contributed by atoms with Crippen molar-refractivity contribution in [3.63, 3.8) is 0 Å². The van der Waals surface area contributed by atoms with Crippen LogP contribution in [0.5, 0.6) is 0 Å². The number of nitrogens with two attached hydrogens (primary N) is 1. The highest BCUT2D eigenvalue weighted by Crippen LogP contribution is 2.12. The second kappa shape index (κ2) is 14.4. The van der Waals surface area contributed by atoms with Gasteiger partial charge in [-0.1, -0.05) is 52.0 Å². The Balaban J connectivity index is 2.03. The van der Waals surface area contributed by atoms with Gasteiger partial charge in [0.15, 0.2) is 0 Å². The highest BCUT2D eigenvalue weighted by molar-refractivity contribution is 5.89. The molecule has 0 spiro atoms. The van der Waals surface area contributed by atoms with E-state index in [1.807, 2.05) is 13.8 Å². The van der Waals surface area contributed by atoms with Gasteiger partial charge in [-0.15, -0.1) is 0 Å². The van der Waals surface area contributed by atoms with Gasteiger partial charge < -0.3 is 31.5 Å². The highest BCUT2D eigenvalue weighted by atomic mass is 16.5. The lowest BCUT2D eigenvalue weighted by Crippen LogP contribution is -2.56. The SMILES string of the molecule is CC(C)[C@H]1COCCCCCCCC[C@@H](NC(=O)N[C@@H](Cc2ccc(N)nc2)C(=O)O)C(=O)N1. The third kappa shape index (κ3) is 9.94. The van der Waals surface area contributed by atoms with Gasteiger partial charge in [-0.05, 0) is 30.4 Å². The minimum absolute atomic E-state index is 0.0413. The number of hydrogen-bond donors (Lipinski definition) is 5. The van der Waals surface area contributed by atoms with Crippen LogP contribution in [0.4, 0.5) is 10.6 Å². The molecule has 10 heteroatoms. The van der Waals surface area contributed by atoms with E-state index in [-0.39, 0.29) is 24.3 Å². The first-order chi connectivity index (χ1) is 16.3. The number of hydrogen-bond acceptors (Lipinski definition) is 6. The lowest BCUT2D eigenvalue weighted by Gasteiger charge is -2.26. The number of anilines is 1. The second-order valence-corrected chi connectivity index (χ2v) is 9.20. The first-order valence-electron chi connectivity index (χ1n) is 12.1. The molecule has 0 radical (unpaired) electrons. The summed E-state index contributed by atoms with van der Waals surface area (Å²) in [5, 5.41) is 17.7. The molecule has 3 atom stereocenters. The summed E-state index contributed by atoms with van der Waals surface area (Å²) in [6, 6.07) is 0.419. The number of ether oxygens (including phenoxy) is 1. The maximum atomic E-state index is 13.0. The molecule has 0 saturated carbocycles. The summed E-state index contributed by atoms with van der Waals surface area (Å²) in [6.07, 6.45) is 8.05. The van der Waals surface area contributed by atoms with Crippen LogP contribution < -0.4 is 21.7 Å². The van der Waals surface area contributed by atoms with Crippen LogP contribution in [-0.2, 0) is 20.7 Å². The number of nitrogen functional groups attached to an aromatic ring is 1. The van der Waals surface area contributed by atoms with Crippen molar-refractivity contribution in [2.24, 2.45) is 5.92 Å². The van der Waals surface area contributed by atoms with Crippen molar-refractivity contribution >= 4 is 23.7 Å². The largest absolute Gasteiger partial charge is 0.480 e. The zero-order valence-corrected chi connectivity index (χ0v) is 20.2. The molecule has 6 N–H and O–H groups in total. The molecule has 1 aromatic heterocycles. The molecule has 34 heavy (non-hydrogen) atoms. The zero-order valence-electron chi connectivity index (χ0n) is 20.2. The lowest BCUT2D eigenvalue weighted by atomic mass is 10.0. The van der Waals surface area contributed by atoms with Crippen molar-refractivity contribution in [3.8, 4) is 0 Å². The third-order valence-corrected chi connectivity index (χ3v) is 5.97. The average molecular weight is 478 g/mol. The average Bonchev–Trinajstić information content (AvgIpc) is 2.78. The molecular weight excluding hydrogens is 438 g/mol. The van der Waals surface area contributed by atoms with E-state index in [0.29, 0.717) is 31.0 Å². The number of rotatable bonds is 6. The number of carbonyl (C=O) groups excluding carboxylic acids is 2. The number of nitrogens with zero attached hydrogens (tertiary/aromatic N) is 1. The van der Waals surface area contributed by atoms with E-state index < -0.39 is 24.1 Å². The van der Waals surface area contributed by atoms with E-state index >= 15 is 0 Å². The summed E-state index contributed by atoms with van der Waals surface area (Å²) in [7, 11) is 0. The van der Waals surface area contributed by atoms with Gasteiger partial charge in [0.2, 0.25) is 5.91 Å². The maximum absolute atomic E-state index is 13.0. The predicted octanol–water partition coefficient (Wildman–Crippen LogP) is 2.23.